The normalized spacial score (nSPS) is 14.1. The first-order valence-electron chi connectivity index (χ1n) is 10.2. The summed E-state index contributed by atoms with van der Waals surface area (Å²) in [6.07, 6.45) is 6.45. The van der Waals surface area contributed by atoms with Crippen LogP contribution in [0.1, 0.15) is 24.2 Å². The van der Waals surface area contributed by atoms with Crippen molar-refractivity contribution in [1.82, 2.24) is 19.5 Å². The van der Waals surface area contributed by atoms with Crippen molar-refractivity contribution in [3.05, 3.63) is 90.5 Å². The molecule has 1 saturated carbocycles. The maximum absolute atomic E-state index is 13.2. The molecule has 1 fully saturated rings. The second kappa shape index (κ2) is 7.88. The summed E-state index contributed by atoms with van der Waals surface area (Å²) in [5.41, 5.74) is 0.920. The number of halogens is 1. The Labute approximate surface area is 183 Å². The number of ether oxygens (including phenoxy) is 1. The number of hydrogen-bond donors (Lipinski definition) is 1. The number of hydrogen-bond acceptors (Lipinski definition) is 5. The number of nitrogens with zero attached hydrogens (tertiary/aromatic N) is 4. The van der Waals surface area contributed by atoms with E-state index in [4.69, 9.17) is 4.74 Å². The Hall–Kier alpha value is -4.07. The van der Waals surface area contributed by atoms with E-state index in [1.54, 1.807) is 48.7 Å². The number of aromatic nitrogens is 4. The monoisotopic (exact) mass is 429 g/mol. The van der Waals surface area contributed by atoms with Crippen molar-refractivity contribution >= 4 is 11.6 Å². The maximum atomic E-state index is 13.2. The van der Waals surface area contributed by atoms with Crippen LogP contribution in [0.25, 0.3) is 5.82 Å². The van der Waals surface area contributed by atoms with Crippen molar-refractivity contribution in [2.75, 3.05) is 5.32 Å². The number of imidazole rings is 1. The molecule has 1 aliphatic carbocycles. The molecular formula is C24H20FN5O2. The average Bonchev–Trinajstić information content (AvgIpc) is 3.50. The van der Waals surface area contributed by atoms with Gasteiger partial charge in [0, 0.05) is 24.1 Å². The molecule has 160 valence electrons. The number of aryl methyl sites for hydroxylation is 1. The van der Waals surface area contributed by atoms with Crippen LogP contribution in [0, 0.1) is 12.7 Å². The number of amides is 1. The van der Waals surface area contributed by atoms with Gasteiger partial charge in [-0.05, 0) is 61.7 Å². The van der Waals surface area contributed by atoms with Gasteiger partial charge < -0.3 is 10.1 Å². The molecule has 0 bridgehead atoms. The van der Waals surface area contributed by atoms with Crippen LogP contribution in [0.3, 0.4) is 0 Å². The number of nitrogens with one attached hydrogen (secondary N) is 1. The van der Waals surface area contributed by atoms with Gasteiger partial charge in [0.25, 0.3) is 0 Å². The second-order valence-corrected chi connectivity index (χ2v) is 7.73. The Morgan fingerprint density at radius 1 is 1.06 bits per heavy atom. The van der Waals surface area contributed by atoms with Crippen molar-refractivity contribution in [2.45, 2.75) is 25.2 Å². The number of carbonyl (C=O) groups is 1. The van der Waals surface area contributed by atoms with E-state index in [2.05, 4.69) is 20.3 Å². The maximum Gasteiger partial charge on any atom is 0.235 e. The fourth-order valence-corrected chi connectivity index (χ4v) is 3.66. The minimum atomic E-state index is -0.578. The Balaban J connectivity index is 1.27. The lowest BCUT2D eigenvalue weighted by Crippen LogP contribution is -2.27. The molecule has 8 heteroatoms. The first-order chi connectivity index (χ1) is 15.5. The lowest BCUT2D eigenvalue weighted by atomic mass is 9.95. The topological polar surface area (TPSA) is 81.9 Å². The van der Waals surface area contributed by atoms with Crippen molar-refractivity contribution in [2.24, 2.45) is 0 Å². The number of anilines is 1. The largest absolute Gasteiger partial charge is 0.439 e. The molecule has 7 nitrogen and oxygen atoms in total. The molecule has 5 rings (SSSR count). The molecule has 0 radical (unpaired) electrons. The van der Waals surface area contributed by atoms with Gasteiger partial charge in [-0.3, -0.25) is 9.36 Å². The summed E-state index contributed by atoms with van der Waals surface area (Å²) in [5, 5.41) is 2.96. The molecule has 4 aromatic rings. The lowest BCUT2D eigenvalue weighted by Gasteiger charge is -2.16. The molecule has 2 aromatic carbocycles. The summed E-state index contributed by atoms with van der Waals surface area (Å²) in [4.78, 5) is 25.5. The van der Waals surface area contributed by atoms with Gasteiger partial charge in [-0.1, -0.05) is 12.1 Å². The first-order valence-corrected chi connectivity index (χ1v) is 10.2. The van der Waals surface area contributed by atoms with E-state index in [0.29, 0.717) is 23.1 Å². The molecule has 32 heavy (non-hydrogen) atoms. The van der Waals surface area contributed by atoms with E-state index in [0.717, 1.165) is 24.2 Å². The first kappa shape index (κ1) is 19.9. The van der Waals surface area contributed by atoms with Crippen LogP contribution in [0.5, 0.6) is 11.6 Å². The summed E-state index contributed by atoms with van der Waals surface area (Å²) in [5.74, 6) is 2.04. The molecule has 2 aromatic heterocycles. The van der Waals surface area contributed by atoms with Gasteiger partial charge in [0.1, 0.15) is 29.5 Å². The van der Waals surface area contributed by atoms with Crippen LogP contribution in [0.15, 0.2) is 73.3 Å². The van der Waals surface area contributed by atoms with Gasteiger partial charge in [-0.25, -0.2) is 19.3 Å². The summed E-state index contributed by atoms with van der Waals surface area (Å²) < 4.78 is 20.9. The lowest BCUT2D eigenvalue weighted by molar-refractivity contribution is -0.118. The van der Waals surface area contributed by atoms with Gasteiger partial charge in [-0.2, -0.15) is 0 Å². The smallest absolute Gasteiger partial charge is 0.235 e. The van der Waals surface area contributed by atoms with E-state index in [9.17, 15) is 9.18 Å². The van der Waals surface area contributed by atoms with Gasteiger partial charge in [0.15, 0.2) is 0 Å². The van der Waals surface area contributed by atoms with Crippen LogP contribution in [0.4, 0.5) is 10.1 Å². The van der Waals surface area contributed by atoms with E-state index in [1.165, 1.54) is 18.5 Å². The number of rotatable bonds is 6. The van der Waals surface area contributed by atoms with E-state index < -0.39 is 5.41 Å². The van der Waals surface area contributed by atoms with E-state index in [-0.39, 0.29) is 11.7 Å². The molecule has 0 unspecified atom stereocenters. The second-order valence-electron chi connectivity index (χ2n) is 7.73. The molecule has 0 aliphatic heterocycles. The van der Waals surface area contributed by atoms with Gasteiger partial charge >= 0.3 is 0 Å². The third-order valence-corrected chi connectivity index (χ3v) is 5.62. The van der Waals surface area contributed by atoms with Gasteiger partial charge in [0.2, 0.25) is 11.8 Å². The molecule has 1 amide bonds. The minimum absolute atomic E-state index is 0.0890. The minimum Gasteiger partial charge on any atom is -0.439 e. The summed E-state index contributed by atoms with van der Waals surface area (Å²) in [7, 11) is 0. The summed E-state index contributed by atoms with van der Waals surface area (Å²) in [6.45, 7) is 1.89. The molecule has 1 N–H and O–H groups in total. The fourth-order valence-electron chi connectivity index (χ4n) is 3.66. The Bertz CT molecular complexity index is 1260. The molecule has 2 heterocycles. The molecule has 0 atom stereocenters. The zero-order valence-corrected chi connectivity index (χ0v) is 17.3. The SMILES string of the molecule is Cc1nccn1-c1cc(Oc2ccc(NC(=O)C3(c4ccc(F)cc4)CC3)cc2)ncn1. The molecule has 1 aliphatic rings. The highest BCUT2D eigenvalue weighted by molar-refractivity contribution is 6.01. The van der Waals surface area contributed by atoms with E-state index in [1.807, 2.05) is 17.7 Å². The highest BCUT2D eigenvalue weighted by atomic mass is 19.1. The van der Waals surface area contributed by atoms with Crippen molar-refractivity contribution < 1.29 is 13.9 Å². The predicted octanol–water partition coefficient (Wildman–Crippen LogP) is 4.57. The molecular weight excluding hydrogens is 409 g/mol. The zero-order chi connectivity index (χ0) is 22.1. The van der Waals surface area contributed by atoms with Gasteiger partial charge in [0.05, 0.1) is 5.41 Å². The summed E-state index contributed by atoms with van der Waals surface area (Å²) >= 11 is 0. The number of carbonyl (C=O) groups excluding carboxylic acids is 1. The highest BCUT2D eigenvalue weighted by Gasteiger charge is 2.51. The standard InChI is InChI=1S/C24H20FN5O2/c1-16-26-12-13-30(16)21-14-22(28-15-27-21)32-20-8-6-19(7-9-20)29-23(31)24(10-11-24)17-2-4-18(25)5-3-17/h2-9,12-15H,10-11H2,1H3,(H,29,31). The summed E-state index contributed by atoms with van der Waals surface area (Å²) in [6, 6.07) is 14.9. The fraction of sp³-hybridized carbons (Fsp3) is 0.167. The molecule has 0 spiro atoms. The van der Waals surface area contributed by atoms with Crippen molar-refractivity contribution in [3.63, 3.8) is 0 Å². The van der Waals surface area contributed by atoms with Crippen LogP contribution in [0.2, 0.25) is 0 Å². The van der Waals surface area contributed by atoms with Crippen LogP contribution >= 0.6 is 0 Å². The Morgan fingerprint density at radius 2 is 1.81 bits per heavy atom. The zero-order valence-electron chi connectivity index (χ0n) is 17.3. The highest BCUT2D eigenvalue weighted by Crippen LogP contribution is 2.49. The Kier molecular flexibility index (Phi) is 4.89. The molecule has 0 saturated heterocycles. The van der Waals surface area contributed by atoms with E-state index >= 15 is 0 Å². The number of benzene rings is 2. The van der Waals surface area contributed by atoms with Crippen LogP contribution in [-0.2, 0) is 10.2 Å². The quantitative estimate of drug-likeness (QED) is 0.485. The third-order valence-electron chi connectivity index (χ3n) is 5.62. The predicted molar refractivity (Wildman–Crippen MR) is 116 cm³/mol. The average molecular weight is 429 g/mol. The van der Waals surface area contributed by atoms with Gasteiger partial charge in [-0.15, -0.1) is 0 Å². The third kappa shape index (κ3) is 3.82. The van der Waals surface area contributed by atoms with Crippen molar-refractivity contribution in [3.8, 4) is 17.4 Å². The Morgan fingerprint density at radius 3 is 2.47 bits per heavy atom. The van der Waals surface area contributed by atoms with Crippen LogP contribution in [-0.4, -0.2) is 25.4 Å². The van der Waals surface area contributed by atoms with Crippen LogP contribution < -0.4 is 10.1 Å². The van der Waals surface area contributed by atoms with Crippen molar-refractivity contribution in [1.29, 1.82) is 0 Å².